The van der Waals surface area contributed by atoms with E-state index in [1.807, 2.05) is 56.4 Å². The molecule has 0 saturated heterocycles. The lowest BCUT2D eigenvalue weighted by atomic mass is 10.1. The zero-order chi connectivity index (χ0) is 16.4. The van der Waals surface area contributed by atoms with Crippen molar-refractivity contribution in [2.45, 2.75) is 13.8 Å². The van der Waals surface area contributed by atoms with Crippen molar-refractivity contribution in [3.8, 4) is 10.4 Å². The van der Waals surface area contributed by atoms with E-state index in [4.69, 9.17) is 0 Å². The fourth-order valence-corrected chi connectivity index (χ4v) is 3.50. The monoisotopic (exact) mass is 321 g/mol. The first-order chi connectivity index (χ1) is 11.0. The van der Waals surface area contributed by atoms with Gasteiger partial charge in [-0.25, -0.2) is 0 Å². The predicted molar refractivity (Wildman–Crippen MR) is 98.4 cm³/mol. The Morgan fingerprint density at radius 1 is 0.913 bits per heavy atom. The molecule has 0 N–H and O–H groups in total. The van der Waals surface area contributed by atoms with E-state index in [1.165, 1.54) is 16.9 Å². The molecule has 0 aliphatic rings. The molecule has 0 saturated carbocycles. The topological polar surface area (TPSA) is 20.3 Å². The van der Waals surface area contributed by atoms with Crippen LogP contribution in [0.25, 0.3) is 10.4 Å². The highest BCUT2D eigenvalue weighted by atomic mass is 32.1. The summed E-state index contributed by atoms with van der Waals surface area (Å²) in [6, 6.07) is 20.3. The molecule has 3 rings (SSSR count). The number of hydrogen-bond donors (Lipinski definition) is 0. The molecule has 2 nitrogen and oxygen atoms in total. The van der Waals surface area contributed by atoms with Crippen molar-refractivity contribution in [2.75, 3.05) is 11.9 Å². The number of aryl methyl sites for hydroxylation is 2. The Bertz CT molecular complexity index is 850. The van der Waals surface area contributed by atoms with Gasteiger partial charge in [0.1, 0.15) is 0 Å². The first-order valence-corrected chi connectivity index (χ1v) is 8.38. The van der Waals surface area contributed by atoms with Crippen molar-refractivity contribution < 1.29 is 4.79 Å². The highest BCUT2D eigenvalue weighted by Crippen LogP contribution is 2.30. The van der Waals surface area contributed by atoms with Crippen molar-refractivity contribution in [1.29, 1.82) is 0 Å². The molecule has 1 aromatic heterocycles. The summed E-state index contributed by atoms with van der Waals surface area (Å²) in [6.45, 7) is 4.11. The summed E-state index contributed by atoms with van der Waals surface area (Å²) in [4.78, 5) is 16.3. The van der Waals surface area contributed by atoms with Gasteiger partial charge in [0.25, 0.3) is 5.91 Å². The lowest BCUT2D eigenvalue weighted by molar-refractivity contribution is 0.0997. The minimum Gasteiger partial charge on any atom is -0.311 e. The lowest BCUT2D eigenvalue weighted by Crippen LogP contribution is -2.25. The number of nitrogens with zero attached hydrogens (tertiary/aromatic N) is 1. The predicted octanol–water partition coefficient (Wildman–Crippen LogP) is 5.31. The van der Waals surface area contributed by atoms with E-state index >= 15 is 0 Å². The molecule has 0 bridgehead atoms. The molecule has 23 heavy (non-hydrogen) atoms. The highest BCUT2D eigenvalue weighted by Gasteiger charge is 2.16. The molecule has 0 fully saturated rings. The molecular weight excluding hydrogens is 302 g/mol. The van der Waals surface area contributed by atoms with Crippen LogP contribution in [0, 0.1) is 13.8 Å². The fraction of sp³-hybridized carbons (Fsp3) is 0.150. The number of rotatable bonds is 3. The van der Waals surface area contributed by atoms with E-state index in [0.717, 1.165) is 26.6 Å². The smallest absolute Gasteiger partial charge is 0.268 e. The van der Waals surface area contributed by atoms with Crippen molar-refractivity contribution in [1.82, 2.24) is 0 Å². The number of amides is 1. The van der Waals surface area contributed by atoms with E-state index in [-0.39, 0.29) is 5.91 Å². The van der Waals surface area contributed by atoms with Crippen LogP contribution in [0.4, 0.5) is 5.69 Å². The standard InChI is InChI=1S/C20H19NOS/c1-14-6-4-8-16(12-14)18-10-11-19(23-18)20(22)21(3)17-9-5-7-15(2)13-17/h4-13H,1-3H3. The van der Waals surface area contributed by atoms with Crippen molar-refractivity contribution in [3.05, 3.63) is 76.7 Å². The number of hydrogen-bond acceptors (Lipinski definition) is 2. The molecule has 0 aliphatic heterocycles. The third kappa shape index (κ3) is 3.35. The van der Waals surface area contributed by atoms with Gasteiger partial charge >= 0.3 is 0 Å². The second-order valence-corrected chi connectivity index (χ2v) is 6.82. The van der Waals surface area contributed by atoms with Gasteiger partial charge < -0.3 is 4.90 Å². The average molecular weight is 321 g/mol. The summed E-state index contributed by atoms with van der Waals surface area (Å²) < 4.78 is 0. The number of thiophene rings is 1. The van der Waals surface area contributed by atoms with Crippen molar-refractivity contribution >= 4 is 22.9 Å². The van der Waals surface area contributed by atoms with E-state index in [0.29, 0.717) is 0 Å². The van der Waals surface area contributed by atoms with Crippen LogP contribution in [-0.2, 0) is 0 Å². The van der Waals surface area contributed by atoms with Gasteiger partial charge in [0, 0.05) is 17.6 Å². The van der Waals surface area contributed by atoms with Crippen LogP contribution in [0.15, 0.2) is 60.7 Å². The van der Waals surface area contributed by atoms with Crippen LogP contribution < -0.4 is 4.90 Å². The zero-order valence-corrected chi connectivity index (χ0v) is 14.4. The molecule has 1 amide bonds. The van der Waals surface area contributed by atoms with Crippen molar-refractivity contribution in [3.63, 3.8) is 0 Å². The second kappa shape index (κ2) is 6.39. The first kappa shape index (κ1) is 15.5. The number of carbonyl (C=O) groups is 1. The van der Waals surface area contributed by atoms with Crippen molar-refractivity contribution in [2.24, 2.45) is 0 Å². The molecule has 0 atom stereocenters. The highest BCUT2D eigenvalue weighted by molar-refractivity contribution is 7.17. The normalized spacial score (nSPS) is 10.6. The Balaban J connectivity index is 1.86. The molecule has 3 aromatic rings. The van der Waals surface area contributed by atoms with Gasteiger partial charge in [0.05, 0.1) is 4.88 Å². The van der Waals surface area contributed by atoms with E-state index in [2.05, 4.69) is 25.1 Å². The van der Waals surface area contributed by atoms with E-state index < -0.39 is 0 Å². The molecule has 0 aliphatic carbocycles. The number of benzene rings is 2. The van der Waals surface area contributed by atoms with Gasteiger partial charge in [-0.05, 0) is 49.2 Å². The Morgan fingerprint density at radius 3 is 2.30 bits per heavy atom. The molecule has 116 valence electrons. The van der Waals surface area contributed by atoms with Gasteiger partial charge in [-0.15, -0.1) is 11.3 Å². The number of anilines is 1. The van der Waals surface area contributed by atoms with E-state index in [1.54, 1.807) is 4.90 Å². The Morgan fingerprint density at radius 2 is 1.61 bits per heavy atom. The Kier molecular flexibility index (Phi) is 4.30. The lowest BCUT2D eigenvalue weighted by Gasteiger charge is -2.16. The molecule has 2 aromatic carbocycles. The molecule has 3 heteroatoms. The van der Waals surface area contributed by atoms with E-state index in [9.17, 15) is 4.79 Å². The maximum atomic E-state index is 12.7. The molecule has 1 heterocycles. The summed E-state index contributed by atoms with van der Waals surface area (Å²) in [7, 11) is 1.82. The molecule has 0 radical (unpaired) electrons. The Labute approximate surface area is 141 Å². The third-order valence-electron chi connectivity index (χ3n) is 3.81. The second-order valence-electron chi connectivity index (χ2n) is 5.74. The van der Waals surface area contributed by atoms with Crippen LogP contribution in [0.2, 0.25) is 0 Å². The van der Waals surface area contributed by atoms with Gasteiger partial charge in [0.15, 0.2) is 0 Å². The zero-order valence-electron chi connectivity index (χ0n) is 13.5. The van der Waals surface area contributed by atoms with Crippen LogP contribution in [0.5, 0.6) is 0 Å². The molecular formula is C20H19NOS. The summed E-state index contributed by atoms with van der Waals surface area (Å²) in [6.07, 6.45) is 0. The van der Waals surface area contributed by atoms with Gasteiger partial charge in [-0.1, -0.05) is 42.0 Å². The maximum Gasteiger partial charge on any atom is 0.268 e. The van der Waals surface area contributed by atoms with Crippen LogP contribution in [0.3, 0.4) is 0 Å². The van der Waals surface area contributed by atoms with Crippen LogP contribution >= 0.6 is 11.3 Å². The fourth-order valence-electron chi connectivity index (χ4n) is 2.53. The minimum absolute atomic E-state index is 0.0273. The number of carbonyl (C=O) groups excluding carboxylic acids is 1. The summed E-state index contributed by atoms with van der Waals surface area (Å²) in [5.74, 6) is 0.0273. The summed E-state index contributed by atoms with van der Waals surface area (Å²) in [5, 5.41) is 0. The summed E-state index contributed by atoms with van der Waals surface area (Å²) in [5.41, 5.74) is 4.45. The summed E-state index contributed by atoms with van der Waals surface area (Å²) >= 11 is 1.54. The van der Waals surface area contributed by atoms with Gasteiger partial charge in [-0.3, -0.25) is 4.79 Å². The van der Waals surface area contributed by atoms with Crippen LogP contribution in [-0.4, -0.2) is 13.0 Å². The first-order valence-electron chi connectivity index (χ1n) is 7.56. The minimum atomic E-state index is 0.0273. The SMILES string of the molecule is Cc1cccc(-c2ccc(C(=O)N(C)c3cccc(C)c3)s2)c1. The third-order valence-corrected chi connectivity index (χ3v) is 4.94. The van der Waals surface area contributed by atoms with Crippen LogP contribution in [0.1, 0.15) is 20.8 Å². The average Bonchev–Trinajstić information content (AvgIpc) is 3.03. The molecule has 0 spiro atoms. The quantitative estimate of drug-likeness (QED) is 0.640. The molecule has 0 unspecified atom stereocenters. The van der Waals surface area contributed by atoms with Gasteiger partial charge in [-0.2, -0.15) is 0 Å². The largest absolute Gasteiger partial charge is 0.311 e. The Hall–Kier alpha value is -2.39. The van der Waals surface area contributed by atoms with Gasteiger partial charge in [0.2, 0.25) is 0 Å². The maximum absolute atomic E-state index is 12.7.